The van der Waals surface area contributed by atoms with Gasteiger partial charge in [0.25, 0.3) is 0 Å². The molecule has 0 aliphatic carbocycles. The summed E-state index contributed by atoms with van der Waals surface area (Å²) in [7, 11) is 2.33. The Morgan fingerprint density at radius 1 is 1.21 bits per heavy atom. The number of pyridine rings is 1. The third kappa shape index (κ3) is 2.82. The zero-order chi connectivity index (χ0) is 13.1. The molecule has 3 nitrogen and oxygen atoms in total. The van der Waals surface area contributed by atoms with Crippen LogP contribution in [0.4, 0.5) is 0 Å². The SMILES string of the molecule is CN1CCCC[C@]12CCCN(Cc1cccnc1)C2. The lowest BCUT2D eigenvalue weighted by molar-refractivity contribution is -0.00234. The third-order valence-corrected chi connectivity index (χ3v) is 4.96. The molecular weight excluding hydrogens is 234 g/mol. The summed E-state index contributed by atoms with van der Waals surface area (Å²) in [6.45, 7) is 4.81. The van der Waals surface area contributed by atoms with Crippen LogP contribution in [0, 0.1) is 0 Å². The molecule has 0 unspecified atom stereocenters. The minimum absolute atomic E-state index is 0.457. The first-order valence-corrected chi connectivity index (χ1v) is 7.61. The van der Waals surface area contributed by atoms with E-state index in [1.54, 1.807) is 0 Å². The molecule has 0 aromatic carbocycles. The second kappa shape index (κ2) is 5.59. The lowest BCUT2D eigenvalue weighted by Crippen LogP contribution is -2.59. The Labute approximate surface area is 116 Å². The van der Waals surface area contributed by atoms with E-state index in [4.69, 9.17) is 0 Å². The Balaban J connectivity index is 1.67. The van der Waals surface area contributed by atoms with Crippen molar-refractivity contribution in [2.75, 3.05) is 26.7 Å². The predicted octanol–water partition coefficient (Wildman–Crippen LogP) is 2.53. The average molecular weight is 259 g/mol. The van der Waals surface area contributed by atoms with Crippen LogP contribution in [0.5, 0.6) is 0 Å². The van der Waals surface area contributed by atoms with Crippen LogP contribution in [-0.2, 0) is 6.54 Å². The van der Waals surface area contributed by atoms with E-state index in [1.807, 2.05) is 18.5 Å². The fourth-order valence-electron chi connectivity index (χ4n) is 3.84. The van der Waals surface area contributed by atoms with Gasteiger partial charge in [-0.2, -0.15) is 0 Å². The molecule has 19 heavy (non-hydrogen) atoms. The molecule has 104 valence electrons. The molecule has 1 spiro atoms. The van der Waals surface area contributed by atoms with Crippen LogP contribution in [0.1, 0.15) is 37.7 Å². The van der Waals surface area contributed by atoms with Gasteiger partial charge >= 0.3 is 0 Å². The lowest BCUT2D eigenvalue weighted by Gasteiger charge is -2.51. The molecule has 0 N–H and O–H groups in total. The molecule has 1 aromatic heterocycles. The highest BCUT2D eigenvalue weighted by molar-refractivity contribution is 5.09. The van der Waals surface area contributed by atoms with Gasteiger partial charge < -0.3 is 0 Å². The van der Waals surface area contributed by atoms with Gasteiger partial charge in [-0.1, -0.05) is 12.5 Å². The van der Waals surface area contributed by atoms with Crippen molar-refractivity contribution in [3.63, 3.8) is 0 Å². The molecule has 3 heteroatoms. The number of aromatic nitrogens is 1. The summed E-state index contributed by atoms with van der Waals surface area (Å²) >= 11 is 0. The van der Waals surface area contributed by atoms with Crippen molar-refractivity contribution >= 4 is 0 Å². The van der Waals surface area contributed by atoms with Crippen LogP contribution < -0.4 is 0 Å². The second-order valence-corrected chi connectivity index (χ2v) is 6.28. The number of hydrogen-bond donors (Lipinski definition) is 0. The fraction of sp³-hybridized carbons (Fsp3) is 0.688. The van der Waals surface area contributed by atoms with Gasteiger partial charge in [0.15, 0.2) is 0 Å². The van der Waals surface area contributed by atoms with E-state index in [0.29, 0.717) is 5.54 Å². The van der Waals surface area contributed by atoms with Gasteiger partial charge in [-0.3, -0.25) is 14.8 Å². The fourth-order valence-corrected chi connectivity index (χ4v) is 3.84. The van der Waals surface area contributed by atoms with E-state index in [0.717, 1.165) is 6.54 Å². The monoisotopic (exact) mass is 259 g/mol. The molecular formula is C16H25N3. The smallest absolute Gasteiger partial charge is 0.0334 e. The van der Waals surface area contributed by atoms with Crippen molar-refractivity contribution in [3.05, 3.63) is 30.1 Å². The molecule has 2 aliphatic rings. The summed E-state index contributed by atoms with van der Waals surface area (Å²) < 4.78 is 0. The van der Waals surface area contributed by atoms with Crippen molar-refractivity contribution in [1.82, 2.24) is 14.8 Å². The largest absolute Gasteiger partial charge is 0.299 e. The van der Waals surface area contributed by atoms with Crippen LogP contribution in [0.3, 0.4) is 0 Å². The van der Waals surface area contributed by atoms with Crippen LogP contribution in [0.2, 0.25) is 0 Å². The van der Waals surface area contributed by atoms with Crippen molar-refractivity contribution in [2.24, 2.45) is 0 Å². The molecule has 2 fully saturated rings. The molecule has 1 atom stereocenters. The van der Waals surface area contributed by atoms with Gasteiger partial charge in [-0.15, -0.1) is 0 Å². The quantitative estimate of drug-likeness (QED) is 0.813. The standard InChI is InChI=1S/C16H25N3/c1-18-10-3-2-7-16(18)8-5-11-19(14-16)13-15-6-4-9-17-12-15/h4,6,9,12H,2-3,5,7-8,10-11,13-14H2,1H3/t16-/m1/s1. The van der Waals surface area contributed by atoms with E-state index in [-0.39, 0.29) is 0 Å². The first-order valence-electron chi connectivity index (χ1n) is 7.61. The first-order chi connectivity index (χ1) is 9.28. The lowest BCUT2D eigenvalue weighted by atomic mass is 9.80. The Hall–Kier alpha value is -0.930. The molecule has 0 radical (unpaired) electrons. The maximum absolute atomic E-state index is 4.23. The Morgan fingerprint density at radius 2 is 2.11 bits per heavy atom. The van der Waals surface area contributed by atoms with Gasteiger partial charge in [0, 0.05) is 31.0 Å². The Kier molecular flexibility index (Phi) is 3.85. The zero-order valence-corrected chi connectivity index (χ0v) is 12.0. The maximum atomic E-state index is 4.23. The van der Waals surface area contributed by atoms with Gasteiger partial charge in [0.05, 0.1) is 0 Å². The second-order valence-electron chi connectivity index (χ2n) is 6.28. The summed E-state index contributed by atoms with van der Waals surface area (Å²) in [5, 5.41) is 0. The van der Waals surface area contributed by atoms with E-state index in [1.165, 1.54) is 57.3 Å². The molecule has 0 saturated carbocycles. The van der Waals surface area contributed by atoms with Gasteiger partial charge in [0.1, 0.15) is 0 Å². The van der Waals surface area contributed by atoms with E-state index < -0.39 is 0 Å². The summed E-state index contributed by atoms with van der Waals surface area (Å²) in [4.78, 5) is 9.49. The topological polar surface area (TPSA) is 19.4 Å². The van der Waals surface area contributed by atoms with Crippen LogP contribution >= 0.6 is 0 Å². The molecule has 2 saturated heterocycles. The van der Waals surface area contributed by atoms with Crippen LogP contribution in [0.15, 0.2) is 24.5 Å². The van der Waals surface area contributed by atoms with E-state index in [2.05, 4.69) is 27.9 Å². The normalized spacial score (nSPS) is 29.7. The Bertz CT molecular complexity index is 402. The Morgan fingerprint density at radius 3 is 2.89 bits per heavy atom. The summed E-state index contributed by atoms with van der Waals surface area (Å²) in [5.41, 5.74) is 1.80. The number of rotatable bonds is 2. The summed E-state index contributed by atoms with van der Waals surface area (Å²) in [6.07, 6.45) is 10.7. The van der Waals surface area contributed by atoms with Crippen molar-refractivity contribution in [3.8, 4) is 0 Å². The zero-order valence-electron chi connectivity index (χ0n) is 12.0. The predicted molar refractivity (Wildman–Crippen MR) is 78.0 cm³/mol. The molecule has 1 aromatic rings. The van der Waals surface area contributed by atoms with Gasteiger partial charge in [0.2, 0.25) is 0 Å². The molecule has 2 aliphatic heterocycles. The highest BCUT2D eigenvalue weighted by Crippen LogP contribution is 2.35. The summed E-state index contributed by atoms with van der Waals surface area (Å²) in [6, 6.07) is 4.24. The van der Waals surface area contributed by atoms with Gasteiger partial charge in [-0.25, -0.2) is 0 Å². The minimum atomic E-state index is 0.457. The van der Waals surface area contributed by atoms with Crippen molar-refractivity contribution in [1.29, 1.82) is 0 Å². The van der Waals surface area contributed by atoms with Gasteiger partial charge in [-0.05, 0) is 57.5 Å². The highest BCUT2D eigenvalue weighted by Gasteiger charge is 2.39. The summed E-state index contributed by atoms with van der Waals surface area (Å²) in [5.74, 6) is 0. The number of nitrogens with zero attached hydrogens (tertiary/aromatic N) is 3. The molecule has 0 amide bonds. The minimum Gasteiger partial charge on any atom is -0.299 e. The third-order valence-electron chi connectivity index (χ3n) is 4.96. The van der Waals surface area contributed by atoms with E-state index in [9.17, 15) is 0 Å². The number of hydrogen-bond acceptors (Lipinski definition) is 3. The van der Waals surface area contributed by atoms with Crippen LogP contribution in [0.25, 0.3) is 0 Å². The molecule has 3 rings (SSSR count). The molecule has 3 heterocycles. The first kappa shape index (κ1) is 13.1. The highest BCUT2D eigenvalue weighted by atomic mass is 15.3. The maximum Gasteiger partial charge on any atom is 0.0334 e. The number of likely N-dealkylation sites (tertiary alicyclic amines) is 2. The number of piperidine rings is 2. The van der Waals surface area contributed by atoms with Crippen molar-refractivity contribution in [2.45, 2.75) is 44.2 Å². The van der Waals surface area contributed by atoms with E-state index >= 15 is 0 Å². The number of likely N-dealkylation sites (N-methyl/N-ethyl adjacent to an activating group) is 1. The molecule has 0 bridgehead atoms. The van der Waals surface area contributed by atoms with Crippen LogP contribution in [-0.4, -0.2) is 47.0 Å². The average Bonchev–Trinajstić information content (AvgIpc) is 2.44. The van der Waals surface area contributed by atoms with Crippen molar-refractivity contribution < 1.29 is 0 Å².